The van der Waals surface area contributed by atoms with E-state index in [-0.39, 0.29) is 6.10 Å². The van der Waals surface area contributed by atoms with Gasteiger partial charge in [-0.15, -0.1) is 0 Å². The molecule has 0 saturated carbocycles. The third-order valence-electron chi connectivity index (χ3n) is 3.23. The summed E-state index contributed by atoms with van der Waals surface area (Å²) >= 11 is 0. The average Bonchev–Trinajstić information content (AvgIpc) is 2.75. The first-order valence-corrected chi connectivity index (χ1v) is 6.13. The molecule has 0 radical (unpaired) electrons. The van der Waals surface area contributed by atoms with Gasteiger partial charge in [-0.05, 0) is 11.1 Å². The molecule has 2 N–H and O–H groups in total. The Balaban J connectivity index is 2.02. The number of amides is 1. The van der Waals surface area contributed by atoms with E-state index in [0.717, 1.165) is 22.3 Å². The molecule has 96 valence electrons. The maximum atomic E-state index is 11.6. The van der Waals surface area contributed by atoms with Crippen LogP contribution in [0.5, 0.6) is 0 Å². The van der Waals surface area contributed by atoms with Gasteiger partial charge in [0.2, 0.25) is 0 Å². The SMILES string of the molecule is CNNC(=O)OC1c2ccccc2-c2ccccc21. The van der Waals surface area contributed by atoms with Gasteiger partial charge in [0, 0.05) is 18.2 Å². The van der Waals surface area contributed by atoms with Crippen LogP contribution in [-0.4, -0.2) is 13.1 Å². The summed E-state index contributed by atoms with van der Waals surface area (Å²) in [5.74, 6) is 0. The second-order valence-electron chi connectivity index (χ2n) is 4.33. The Labute approximate surface area is 111 Å². The maximum Gasteiger partial charge on any atom is 0.422 e. The number of carbonyl (C=O) groups excluding carboxylic acids is 1. The summed E-state index contributed by atoms with van der Waals surface area (Å²) in [7, 11) is 1.62. The molecule has 19 heavy (non-hydrogen) atoms. The van der Waals surface area contributed by atoms with E-state index in [4.69, 9.17) is 4.74 Å². The van der Waals surface area contributed by atoms with Crippen LogP contribution in [0, 0.1) is 0 Å². The summed E-state index contributed by atoms with van der Waals surface area (Å²) in [6, 6.07) is 16.0. The predicted octanol–water partition coefficient (Wildman–Crippen LogP) is 2.62. The van der Waals surface area contributed by atoms with Gasteiger partial charge in [-0.1, -0.05) is 48.5 Å². The monoisotopic (exact) mass is 254 g/mol. The molecule has 0 bridgehead atoms. The Bertz CT molecular complexity index is 580. The van der Waals surface area contributed by atoms with Gasteiger partial charge in [-0.3, -0.25) is 5.43 Å². The van der Waals surface area contributed by atoms with E-state index < -0.39 is 6.09 Å². The fraction of sp³-hybridized carbons (Fsp3) is 0.133. The van der Waals surface area contributed by atoms with Crippen molar-refractivity contribution >= 4 is 6.09 Å². The molecule has 0 fully saturated rings. The van der Waals surface area contributed by atoms with Crippen LogP contribution < -0.4 is 10.9 Å². The number of nitrogens with one attached hydrogen (secondary N) is 2. The van der Waals surface area contributed by atoms with Crippen molar-refractivity contribution in [1.29, 1.82) is 0 Å². The molecule has 0 aromatic heterocycles. The molecule has 4 nitrogen and oxygen atoms in total. The molecule has 2 aromatic carbocycles. The number of rotatable bonds is 2. The number of benzene rings is 2. The van der Waals surface area contributed by atoms with Crippen LogP contribution in [0.2, 0.25) is 0 Å². The van der Waals surface area contributed by atoms with E-state index in [9.17, 15) is 4.79 Å². The summed E-state index contributed by atoms with van der Waals surface area (Å²) in [6.45, 7) is 0. The third kappa shape index (κ3) is 1.96. The Hall–Kier alpha value is -2.33. The Morgan fingerprint density at radius 1 is 1.00 bits per heavy atom. The van der Waals surface area contributed by atoms with Crippen molar-refractivity contribution in [2.75, 3.05) is 7.05 Å². The van der Waals surface area contributed by atoms with Crippen molar-refractivity contribution in [1.82, 2.24) is 10.9 Å². The lowest BCUT2D eigenvalue weighted by Gasteiger charge is -2.15. The second-order valence-corrected chi connectivity index (χ2v) is 4.33. The van der Waals surface area contributed by atoms with Crippen molar-refractivity contribution in [3.63, 3.8) is 0 Å². The van der Waals surface area contributed by atoms with Crippen molar-refractivity contribution in [2.45, 2.75) is 6.10 Å². The van der Waals surface area contributed by atoms with Gasteiger partial charge in [0.15, 0.2) is 6.10 Å². The van der Waals surface area contributed by atoms with Crippen LogP contribution in [0.25, 0.3) is 11.1 Å². The van der Waals surface area contributed by atoms with Crippen LogP contribution in [0.15, 0.2) is 48.5 Å². The highest BCUT2D eigenvalue weighted by molar-refractivity contribution is 5.79. The number of hydrazine groups is 1. The van der Waals surface area contributed by atoms with Crippen LogP contribution >= 0.6 is 0 Å². The van der Waals surface area contributed by atoms with Gasteiger partial charge in [0.05, 0.1) is 0 Å². The van der Waals surface area contributed by atoms with Crippen molar-refractivity contribution in [2.24, 2.45) is 0 Å². The van der Waals surface area contributed by atoms with Crippen molar-refractivity contribution in [3.05, 3.63) is 59.7 Å². The van der Waals surface area contributed by atoms with Crippen molar-refractivity contribution < 1.29 is 9.53 Å². The molecule has 1 aliphatic rings. The first kappa shape index (κ1) is 11.7. The normalized spacial score (nSPS) is 12.7. The minimum atomic E-state index is -0.487. The second kappa shape index (κ2) is 4.74. The molecule has 1 aliphatic carbocycles. The van der Waals surface area contributed by atoms with Crippen LogP contribution in [0.1, 0.15) is 17.2 Å². The van der Waals surface area contributed by atoms with E-state index >= 15 is 0 Å². The highest BCUT2D eigenvalue weighted by atomic mass is 16.6. The first-order chi connectivity index (χ1) is 9.31. The summed E-state index contributed by atoms with van der Waals surface area (Å²) < 4.78 is 5.49. The molecular weight excluding hydrogens is 240 g/mol. The summed E-state index contributed by atoms with van der Waals surface area (Å²) in [5, 5.41) is 0. The highest BCUT2D eigenvalue weighted by Gasteiger charge is 2.30. The van der Waals surface area contributed by atoms with E-state index in [1.165, 1.54) is 0 Å². The Morgan fingerprint density at radius 2 is 1.53 bits per heavy atom. The maximum absolute atomic E-state index is 11.6. The van der Waals surface area contributed by atoms with E-state index in [0.29, 0.717) is 0 Å². The smallest absolute Gasteiger partial charge is 0.422 e. The van der Waals surface area contributed by atoms with Gasteiger partial charge in [0.1, 0.15) is 0 Å². The Morgan fingerprint density at radius 3 is 2.05 bits per heavy atom. The van der Waals surface area contributed by atoms with Gasteiger partial charge in [-0.2, -0.15) is 0 Å². The summed E-state index contributed by atoms with van der Waals surface area (Å²) in [4.78, 5) is 11.6. The molecule has 0 unspecified atom stereocenters. The number of hydrogen-bond acceptors (Lipinski definition) is 3. The Kier molecular flexibility index (Phi) is 2.93. The van der Waals surface area contributed by atoms with Gasteiger partial charge in [0.25, 0.3) is 0 Å². The van der Waals surface area contributed by atoms with E-state index in [1.54, 1.807) is 7.05 Å². The quantitative estimate of drug-likeness (QED) is 0.810. The third-order valence-corrected chi connectivity index (χ3v) is 3.23. The van der Waals surface area contributed by atoms with Crippen LogP contribution in [0.4, 0.5) is 4.79 Å². The van der Waals surface area contributed by atoms with Gasteiger partial charge < -0.3 is 4.74 Å². The number of fused-ring (bicyclic) bond motifs is 3. The fourth-order valence-electron chi connectivity index (χ4n) is 2.47. The topological polar surface area (TPSA) is 50.4 Å². The standard InChI is InChI=1S/C15H14N2O2/c1-16-17-15(18)19-14-12-8-4-2-6-10(12)11-7-3-5-9-13(11)14/h2-9,14,16H,1H3,(H,17,18). The average molecular weight is 254 g/mol. The lowest BCUT2D eigenvalue weighted by Crippen LogP contribution is -2.35. The summed E-state index contributed by atoms with van der Waals surface area (Å²) in [6.07, 6.45) is -0.834. The van der Waals surface area contributed by atoms with E-state index in [2.05, 4.69) is 10.9 Å². The zero-order valence-corrected chi connectivity index (χ0v) is 10.5. The minimum absolute atomic E-state index is 0.347. The minimum Gasteiger partial charge on any atom is -0.435 e. The van der Waals surface area contributed by atoms with Crippen LogP contribution in [-0.2, 0) is 4.74 Å². The van der Waals surface area contributed by atoms with Crippen LogP contribution in [0.3, 0.4) is 0 Å². The van der Waals surface area contributed by atoms with Gasteiger partial charge >= 0.3 is 6.09 Å². The molecule has 0 atom stereocenters. The molecular formula is C15H14N2O2. The number of hydrogen-bond donors (Lipinski definition) is 2. The molecule has 0 aliphatic heterocycles. The number of ether oxygens (including phenoxy) is 1. The molecule has 0 saturated heterocycles. The number of carbonyl (C=O) groups is 1. The molecule has 1 amide bonds. The van der Waals surface area contributed by atoms with E-state index in [1.807, 2.05) is 48.5 Å². The largest absolute Gasteiger partial charge is 0.435 e. The van der Waals surface area contributed by atoms with Gasteiger partial charge in [-0.25, -0.2) is 10.2 Å². The first-order valence-electron chi connectivity index (χ1n) is 6.13. The lowest BCUT2D eigenvalue weighted by atomic mass is 10.1. The molecule has 0 spiro atoms. The molecule has 3 rings (SSSR count). The summed E-state index contributed by atoms with van der Waals surface area (Å²) in [5.41, 5.74) is 9.28. The molecule has 2 aromatic rings. The highest BCUT2D eigenvalue weighted by Crippen LogP contribution is 2.44. The molecule has 0 heterocycles. The fourth-order valence-corrected chi connectivity index (χ4v) is 2.47. The predicted molar refractivity (Wildman–Crippen MR) is 72.4 cm³/mol. The zero-order chi connectivity index (χ0) is 13.2. The zero-order valence-electron chi connectivity index (χ0n) is 10.5. The molecule has 4 heteroatoms. The lowest BCUT2D eigenvalue weighted by molar-refractivity contribution is 0.115. The van der Waals surface area contributed by atoms with Crippen molar-refractivity contribution in [3.8, 4) is 11.1 Å².